The van der Waals surface area contributed by atoms with E-state index >= 15 is 0 Å². The van der Waals surface area contributed by atoms with Crippen LogP contribution in [0.2, 0.25) is 0 Å². The summed E-state index contributed by atoms with van der Waals surface area (Å²) in [5, 5.41) is 11.6. The van der Waals surface area contributed by atoms with Gasteiger partial charge in [-0.15, -0.1) is 0 Å². The summed E-state index contributed by atoms with van der Waals surface area (Å²) in [6, 6.07) is 18.9. The van der Waals surface area contributed by atoms with Crippen molar-refractivity contribution in [3.05, 3.63) is 76.9 Å². The first-order valence-corrected chi connectivity index (χ1v) is 21.0. The third-order valence-corrected chi connectivity index (χ3v) is 9.30. The maximum absolute atomic E-state index is 11.6. The van der Waals surface area contributed by atoms with Crippen molar-refractivity contribution in [3.63, 3.8) is 0 Å². The molecule has 4 aliphatic carbocycles. The number of hydrogen-bond acceptors (Lipinski definition) is 3. The number of ether oxygens (including phenoxy) is 1. The summed E-state index contributed by atoms with van der Waals surface area (Å²) in [7, 11) is 16.7. The SMILES string of the molecule is COc1c(-c2ccccc2N=Cc2cc(C)cc(C34CC5CC(CC(C5)C3)C4)c2O)cccc1C(C)C.[Cl][Ti]([Cl])[Cl]. The number of benzene rings is 3. The molecule has 3 aromatic rings. The zero-order valence-electron chi connectivity index (χ0n) is 24.3. The molecule has 4 aliphatic rings. The van der Waals surface area contributed by atoms with Gasteiger partial charge in [0.2, 0.25) is 0 Å². The fourth-order valence-electron chi connectivity index (χ4n) is 8.15. The first-order valence-electron chi connectivity index (χ1n) is 14.6. The molecule has 217 valence electrons. The number of phenols is 1. The van der Waals surface area contributed by atoms with Crippen molar-refractivity contribution in [2.24, 2.45) is 22.7 Å². The van der Waals surface area contributed by atoms with Crippen LogP contribution in [0.25, 0.3) is 11.1 Å². The zero-order valence-corrected chi connectivity index (χ0v) is 28.1. The molecule has 0 unspecified atom stereocenters. The van der Waals surface area contributed by atoms with Gasteiger partial charge < -0.3 is 9.84 Å². The van der Waals surface area contributed by atoms with Crippen molar-refractivity contribution in [2.75, 3.05) is 7.11 Å². The number of nitrogens with zero attached hydrogens (tertiary/aromatic N) is 1. The van der Waals surface area contributed by atoms with Gasteiger partial charge in [-0.1, -0.05) is 56.3 Å². The van der Waals surface area contributed by atoms with Crippen LogP contribution in [0.1, 0.15) is 80.5 Å². The van der Waals surface area contributed by atoms with Gasteiger partial charge in [-0.2, -0.15) is 0 Å². The Balaban J connectivity index is 0.000000794. The van der Waals surface area contributed by atoms with Gasteiger partial charge in [-0.25, -0.2) is 0 Å². The van der Waals surface area contributed by atoms with Gasteiger partial charge in [0.25, 0.3) is 0 Å². The van der Waals surface area contributed by atoms with Crippen LogP contribution in [0, 0.1) is 24.7 Å². The quantitative estimate of drug-likeness (QED) is 0.214. The summed E-state index contributed by atoms with van der Waals surface area (Å²) in [6.07, 6.45) is 9.78. The Morgan fingerprint density at radius 2 is 1.51 bits per heavy atom. The summed E-state index contributed by atoms with van der Waals surface area (Å²) in [5.41, 5.74) is 7.49. The van der Waals surface area contributed by atoms with Gasteiger partial charge in [0.05, 0.1) is 12.8 Å². The molecule has 0 saturated heterocycles. The molecule has 3 nitrogen and oxygen atoms in total. The van der Waals surface area contributed by atoms with Crippen LogP contribution in [-0.2, 0) is 20.1 Å². The molecule has 0 amide bonds. The number of para-hydroxylation sites is 2. The Labute approximate surface area is 262 Å². The molecule has 0 heterocycles. The molecule has 0 atom stereocenters. The number of methoxy groups -OCH3 is 1. The molecule has 0 radical (unpaired) electrons. The monoisotopic (exact) mass is 646 g/mol. The molecule has 7 heteroatoms. The first-order chi connectivity index (χ1) is 19.6. The van der Waals surface area contributed by atoms with Gasteiger partial charge in [0.1, 0.15) is 11.5 Å². The van der Waals surface area contributed by atoms with Crippen LogP contribution in [0.4, 0.5) is 5.69 Å². The Morgan fingerprint density at radius 1 is 0.927 bits per heavy atom. The zero-order chi connectivity index (χ0) is 29.3. The van der Waals surface area contributed by atoms with E-state index < -0.39 is 14.7 Å². The fourth-order valence-corrected chi connectivity index (χ4v) is 8.15. The number of aromatic hydroxyl groups is 1. The Hall–Kier alpha value is -1.49. The molecule has 0 aliphatic heterocycles. The summed E-state index contributed by atoms with van der Waals surface area (Å²) < 4.78 is 5.89. The van der Waals surface area contributed by atoms with Gasteiger partial charge in [0.15, 0.2) is 0 Å². The topological polar surface area (TPSA) is 41.8 Å². The standard InChI is InChI=1S/C34H39NO2.3ClH.Ti/c1-21(2)27-9-7-10-29(33(27)37-4)28-8-5-6-11-31(28)35-20-26-12-22(3)13-30(32(26)36)34-17-23-14-24(18-34)16-25(15-23)19-34;;;;/h5-13,20-21,23-25,36H,14-19H2,1-4H3;3*1H;/q;;;;+3/p-3. The van der Waals surface area contributed by atoms with E-state index in [1.54, 1.807) is 7.11 Å². The van der Waals surface area contributed by atoms with Crippen LogP contribution < -0.4 is 4.74 Å². The molecule has 3 aromatic carbocycles. The predicted molar refractivity (Wildman–Crippen MR) is 170 cm³/mol. The molecule has 1 N–H and O–H groups in total. The average molecular weight is 648 g/mol. The second-order valence-corrected chi connectivity index (χ2v) is 20.3. The second-order valence-electron chi connectivity index (χ2n) is 12.5. The molecule has 4 saturated carbocycles. The first kappa shape index (κ1) is 31.0. The molecule has 41 heavy (non-hydrogen) atoms. The van der Waals surface area contributed by atoms with Crippen molar-refractivity contribution in [1.29, 1.82) is 0 Å². The molecule has 4 bridgehead atoms. The molecule has 0 aromatic heterocycles. The Morgan fingerprint density at radius 3 is 2.10 bits per heavy atom. The maximum atomic E-state index is 11.6. The minimum atomic E-state index is -1.92. The van der Waals surface area contributed by atoms with E-state index in [0.29, 0.717) is 11.7 Å². The second kappa shape index (κ2) is 13.0. The number of phenolic OH excluding ortho intramolecular Hbond substituents is 1. The van der Waals surface area contributed by atoms with Gasteiger partial charge in [-0.3, -0.25) is 4.99 Å². The minimum absolute atomic E-state index is 0.149. The van der Waals surface area contributed by atoms with E-state index in [2.05, 4.69) is 57.2 Å². The van der Waals surface area contributed by atoms with Gasteiger partial charge in [0, 0.05) is 28.5 Å². The van der Waals surface area contributed by atoms with Gasteiger partial charge >= 0.3 is 42.6 Å². The van der Waals surface area contributed by atoms with Crippen molar-refractivity contribution in [3.8, 4) is 22.6 Å². The van der Waals surface area contributed by atoms with E-state index in [1.807, 2.05) is 24.4 Å². The number of aliphatic imine (C=N–C) groups is 1. The van der Waals surface area contributed by atoms with Crippen molar-refractivity contribution < 1.29 is 24.5 Å². The molecule has 4 fully saturated rings. The fraction of sp³-hybridized carbons (Fsp3) is 0.441. The Kier molecular flexibility index (Phi) is 9.83. The van der Waals surface area contributed by atoms with Crippen LogP contribution >= 0.6 is 27.9 Å². The molecular weight excluding hydrogens is 609 g/mol. The predicted octanol–water partition coefficient (Wildman–Crippen LogP) is 10.8. The Bertz CT molecular complexity index is 1380. The van der Waals surface area contributed by atoms with Crippen molar-refractivity contribution in [1.82, 2.24) is 0 Å². The molecular formula is C34H39Cl3NO2Ti. The van der Waals surface area contributed by atoms with Crippen LogP contribution in [-0.4, -0.2) is 18.4 Å². The normalized spacial score (nSPS) is 24.4. The average Bonchev–Trinajstić information content (AvgIpc) is 2.92. The van der Waals surface area contributed by atoms with E-state index in [1.165, 1.54) is 55.2 Å². The number of halogens is 3. The molecule has 0 spiro atoms. The van der Waals surface area contributed by atoms with Gasteiger partial charge in [-0.05, 0) is 97.8 Å². The van der Waals surface area contributed by atoms with E-state index in [9.17, 15) is 5.11 Å². The van der Waals surface area contributed by atoms with Crippen molar-refractivity contribution >= 4 is 39.8 Å². The van der Waals surface area contributed by atoms with E-state index in [-0.39, 0.29) is 5.41 Å². The summed E-state index contributed by atoms with van der Waals surface area (Å²) in [5.74, 6) is 4.22. The number of hydrogen-bond donors (Lipinski definition) is 1. The summed E-state index contributed by atoms with van der Waals surface area (Å²) >= 11 is -1.92. The molecule has 7 rings (SSSR count). The van der Waals surface area contributed by atoms with Crippen LogP contribution in [0.15, 0.2) is 59.6 Å². The van der Waals surface area contributed by atoms with E-state index in [4.69, 9.17) is 37.6 Å². The summed E-state index contributed by atoms with van der Waals surface area (Å²) in [4.78, 5) is 4.95. The van der Waals surface area contributed by atoms with Crippen LogP contribution in [0.5, 0.6) is 11.5 Å². The number of rotatable bonds is 6. The third kappa shape index (κ3) is 6.70. The summed E-state index contributed by atoms with van der Waals surface area (Å²) in [6.45, 7) is 6.53. The van der Waals surface area contributed by atoms with E-state index in [0.717, 1.165) is 45.9 Å². The third-order valence-electron chi connectivity index (χ3n) is 9.30. The number of aryl methyl sites for hydroxylation is 1. The van der Waals surface area contributed by atoms with Crippen molar-refractivity contribution in [2.45, 2.75) is 70.6 Å². The van der Waals surface area contributed by atoms with Crippen LogP contribution in [0.3, 0.4) is 0 Å².